The molecule has 1 N–H and O–H groups in total. The number of hydrogen-bond acceptors (Lipinski definition) is 4. The minimum atomic E-state index is -3.52. The van der Waals surface area contributed by atoms with Crippen molar-refractivity contribution in [2.24, 2.45) is 5.92 Å². The Bertz CT molecular complexity index is 1010. The second-order valence-corrected chi connectivity index (χ2v) is 8.88. The molecule has 0 saturated carbocycles. The van der Waals surface area contributed by atoms with E-state index in [0.717, 1.165) is 5.56 Å². The van der Waals surface area contributed by atoms with E-state index in [-0.39, 0.29) is 17.6 Å². The van der Waals surface area contributed by atoms with Gasteiger partial charge in [0.2, 0.25) is 15.9 Å². The van der Waals surface area contributed by atoms with E-state index >= 15 is 0 Å². The summed E-state index contributed by atoms with van der Waals surface area (Å²) in [6, 6.07) is 16.0. The Morgan fingerprint density at radius 3 is 2.38 bits per heavy atom. The Kier molecular flexibility index (Phi) is 6.61. The van der Waals surface area contributed by atoms with Crippen molar-refractivity contribution in [3.05, 3.63) is 71.1 Å². The minimum absolute atomic E-state index is 0.0665. The minimum Gasteiger partial charge on any atom is -0.326 e. The van der Waals surface area contributed by atoms with Crippen molar-refractivity contribution in [3.8, 4) is 0 Å². The van der Waals surface area contributed by atoms with Gasteiger partial charge in [-0.15, -0.1) is 0 Å². The van der Waals surface area contributed by atoms with Crippen LogP contribution in [0.1, 0.15) is 35.7 Å². The molecular weight excluding hydrogens is 388 g/mol. The SMILES string of the molecule is CC(=O)c1cccc(NC(=O)C2CCN(S(=O)(=O)/C=C/c3ccccc3)CC2)c1. The van der Waals surface area contributed by atoms with Crippen LogP contribution < -0.4 is 5.32 Å². The lowest BCUT2D eigenvalue weighted by Gasteiger charge is -2.29. The first-order valence-electron chi connectivity index (χ1n) is 9.50. The van der Waals surface area contributed by atoms with Gasteiger partial charge in [0.05, 0.1) is 0 Å². The number of hydrogen-bond donors (Lipinski definition) is 1. The number of amides is 1. The normalized spacial score (nSPS) is 16.0. The van der Waals surface area contributed by atoms with E-state index in [1.807, 2.05) is 30.3 Å². The average molecular weight is 413 g/mol. The molecule has 2 aromatic carbocycles. The van der Waals surface area contributed by atoms with Crippen LogP contribution in [-0.4, -0.2) is 37.5 Å². The number of piperidine rings is 1. The molecule has 2 aromatic rings. The monoisotopic (exact) mass is 412 g/mol. The summed E-state index contributed by atoms with van der Waals surface area (Å²) in [7, 11) is -3.52. The Morgan fingerprint density at radius 2 is 1.72 bits per heavy atom. The van der Waals surface area contributed by atoms with E-state index in [1.54, 1.807) is 30.3 Å². The molecule has 1 saturated heterocycles. The molecule has 0 unspecified atom stereocenters. The molecule has 3 rings (SSSR count). The van der Waals surface area contributed by atoms with Crippen LogP contribution in [0, 0.1) is 5.92 Å². The van der Waals surface area contributed by atoms with Gasteiger partial charge < -0.3 is 5.32 Å². The molecule has 7 heteroatoms. The topological polar surface area (TPSA) is 83.6 Å². The van der Waals surface area contributed by atoms with Gasteiger partial charge in [-0.25, -0.2) is 8.42 Å². The highest BCUT2D eigenvalue weighted by Crippen LogP contribution is 2.23. The predicted octanol–water partition coefficient (Wildman–Crippen LogP) is 3.54. The smallest absolute Gasteiger partial charge is 0.236 e. The fourth-order valence-electron chi connectivity index (χ4n) is 3.25. The van der Waals surface area contributed by atoms with Crippen molar-refractivity contribution in [1.82, 2.24) is 4.31 Å². The van der Waals surface area contributed by atoms with Crippen molar-refractivity contribution in [1.29, 1.82) is 0 Å². The summed E-state index contributed by atoms with van der Waals surface area (Å²) in [6.07, 6.45) is 2.49. The van der Waals surface area contributed by atoms with Gasteiger partial charge in [-0.3, -0.25) is 9.59 Å². The maximum absolute atomic E-state index is 12.5. The van der Waals surface area contributed by atoms with Crippen LogP contribution in [0.3, 0.4) is 0 Å². The first kappa shape index (κ1) is 21.0. The van der Waals surface area contributed by atoms with Crippen LogP contribution >= 0.6 is 0 Å². The van der Waals surface area contributed by atoms with E-state index in [1.165, 1.54) is 16.6 Å². The number of nitrogens with zero attached hydrogens (tertiary/aromatic N) is 1. The highest BCUT2D eigenvalue weighted by atomic mass is 32.2. The molecule has 152 valence electrons. The molecule has 1 aliphatic rings. The summed E-state index contributed by atoms with van der Waals surface area (Å²) in [5.74, 6) is -0.480. The van der Waals surface area contributed by atoms with Crippen LogP contribution in [0.4, 0.5) is 5.69 Å². The Morgan fingerprint density at radius 1 is 1.03 bits per heavy atom. The maximum Gasteiger partial charge on any atom is 0.236 e. The van der Waals surface area contributed by atoms with Gasteiger partial charge >= 0.3 is 0 Å². The Balaban J connectivity index is 1.57. The molecule has 1 fully saturated rings. The van der Waals surface area contributed by atoms with Crippen LogP contribution in [0.15, 0.2) is 60.0 Å². The Hall–Kier alpha value is -2.77. The van der Waals surface area contributed by atoms with E-state index in [4.69, 9.17) is 0 Å². The largest absolute Gasteiger partial charge is 0.326 e. The second kappa shape index (κ2) is 9.15. The zero-order valence-corrected chi connectivity index (χ0v) is 17.1. The van der Waals surface area contributed by atoms with Crippen LogP contribution in [0.2, 0.25) is 0 Å². The number of anilines is 1. The standard InChI is InChI=1S/C22H24N2O4S/c1-17(25)20-8-5-9-21(16-20)23-22(26)19-10-13-24(14-11-19)29(27,28)15-12-18-6-3-2-4-7-18/h2-9,12,15-16,19H,10-11,13-14H2,1H3,(H,23,26)/b15-12+. The number of carbonyl (C=O) groups is 2. The van der Waals surface area contributed by atoms with Crippen molar-refractivity contribution < 1.29 is 18.0 Å². The van der Waals surface area contributed by atoms with Gasteiger partial charge in [-0.05, 0) is 43.5 Å². The molecule has 0 aliphatic carbocycles. The van der Waals surface area contributed by atoms with Gasteiger partial charge in [-0.2, -0.15) is 4.31 Å². The number of ketones is 1. The Labute approximate surface area is 171 Å². The van der Waals surface area contributed by atoms with E-state index in [9.17, 15) is 18.0 Å². The molecule has 6 nitrogen and oxygen atoms in total. The van der Waals surface area contributed by atoms with Gasteiger partial charge in [0.1, 0.15) is 0 Å². The third-order valence-electron chi connectivity index (χ3n) is 4.95. The molecular formula is C22H24N2O4S. The molecule has 1 heterocycles. The zero-order valence-electron chi connectivity index (χ0n) is 16.2. The molecule has 0 bridgehead atoms. The summed E-state index contributed by atoms with van der Waals surface area (Å²) >= 11 is 0. The summed E-state index contributed by atoms with van der Waals surface area (Å²) in [5, 5.41) is 4.05. The van der Waals surface area contributed by atoms with Gasteiger partial charge in [-0.1, -0.05) is 42.5 Å². The number of Topliss-reactive ketones (excluding diaryl/α,β-unsaturated/α-hetero) is 1. The number of rotatable bonds is 6. The first-order chi connectivity index (χ1) is 13.8. The number of sulfonamides is 1. The van der Waals surface area contributed by atoms with Gasteiger partial charge in [0.15, 0.2) is 5.78 Å². The molecule has 29 heavy (non-hydrogen) atoms. The lowest BCUT2D eigenvalue weighted by Crippen LogP contribution is -2.40. The quantitative estimate of drug-likeness (QED) is 0.736. The van der Waals surface area contributed by atoms with Crippen molar-refractivity contribution in [2.75, 3.05) is 18.4 Å². The van der Waals surface area contributed by atoms with Crippen molar-refractivity contribution >= 4 is 33.5 Å². The summed E-state index contributed by atoms with van der Waals surface area (Å²) in [4.78, 5) is 24.0. The lowest BCUT2D eigenvalue weighted by molar-refractivity contribution is -0.120. The summed E-state index contributed by atoms with van der Waals surface area (Å²) in [5.41, 5.74) is 1.93. The third-order valence-corrected chi connectivity index (χ3v) is 6.52. The fourth-order valence-corrected chi connectivity index (χ4v) is 4.47. The van der Waals surface area contributed by atoms with Crippen LogP contribution in [0.25, 0.3) is 6.08 Å². The molecule has 1 aliphatic heterocycles. The van der Waals surface area contributed by atoms with E-state index in [2.05, 4.69) is 5.32 Å². The van der Waals surface area contributed by atoms with Crippen LogP contribution in [-0.2, 0) is 14.8 Å². The average Bonchev–Trinajstić information content (AvgIpc) is 2.73. The van der Waals surface area contributed by atoms with Gasteiger partial charge in [0.25, 0.3) is 0 Å². The number of carbonyl (C=O) groups excluding carboxylic acids is 2. The fraction of sp³-hybridized carbons (Fsp3) is 0.273. The highest BCUT2D eigenvalue weighted by Gasteiger charge is 2.30. The van der Waals surface area contributed by atoms with Crippen molar-refractivity contribution in [2.45, 2.75) is 19.8 Å². The molecule has 0 radical (unpaired) electrons. The van der Waals surface area contributed by atoms with Crippen molar-refractivity contribution in [3.63, 3.8) is 0 Å². The first-order valence-corrected chi connectivity index (χ1v) is 11.0. The molecule has 0 atom stereocenters. The zero-order chi connectivity index (χ0) is 20.9. The number of benzene rings is 2. The summed E-state index contributed by atoms with van der Waals surface area (Å²) in [6.45, 7) is 2.07. The van der Waals surface area contributed by atoms with Crippen LogP contribution in [0.5, 0.6) is 0 Å². The maximum atomic E-state index is 12.5. The van der Waals surface area contributed by atoms with E-state index in [0.29, 0.717) is 37.2 Å². The lowest BCUT2D eigenvalue weighted by atomic mass is 9.97. The summed E-state index contributed by atoms with van der Waals surface area (Å²) < 4.78 is 26.5. The van der Waals surface area contributed by atoms with Gasteiger partial charge in [0, 0.05) is 35.7 Å². The molecule has 0 spiro atoms. The predicted molar refractivity (Wildman–Crippen MR) is 114 cm³/mol. The molecule has 1 amide bonds. The molecule has 0 aromatic heterocycles. The highest BCUT2D eigenvalue weighted by molar-refractivity contribution is 7.92. The third kappa shape index (κ3) is 5.62. The second-order valence-electron chi connectivity index (χ2n) is 7.06. The van der Waals surface area contributed by atoms with E-state index < -0.39 is 10.0 Å². The number of nitrogens with one attached hydrogen (secondary N) is 1.